The Hall–Kier alpha value is -0.530. The summed E-state index contributed by atoms with van der Waals surface area (Å²) in [6.07, 6.45) is 3.33. The molecule has 90 valence electrons. The lowest BCUT2D eigenvalue weighted by Gasteiger charge is -2.18. The average Bonchev–Trinajstić information content (AvgIpc) is 2.26. The van der Waals surface area contributed by atoms with Gasteiger partial charge >= 0.3 is 0 Å². The number of hydrogen-bond donors (Lipinski definition) is 1. The number of halogens is 1. The van der Waals surface area contributed by atoms with Gasteiger partial charge in [-0.3, -0.25) is 0 Å². The number of hydrogen-bond acceptors (Lipinski definition) is 1. The van der Waals surface area contributed by atoms with Crippen LogP contribution in [0.25, 0.3) is 0 Å². The highest BCUT2D eigenvalue weighted by molar-refractivity contribution is 6.31. The molecule has 0 spiro atoms. The predicted octanol–water partition coefficient (Wildman–Crippen LogP) is 4.19. The number of rotatable bonds is 5. The highest BCUT2D eigenvalue weighted by Gasteiger charge is 2.13. The molecule has 1 rings (SSSR count). The lowest BCUT2D eigenvalue weighted by molar-refractivity contribution is 0.581. The zero-order valence-electron chi connectivity index (χ0n) is 10.5. The molecule has 16 heavy (non-hydrogen) atoms. The highest BCUT2D eigenvalue weighted by Crippen LogP contribution is 2.32. The van der Waals surface area contributed by atoms with Gasteiger partial charge in [-0.15, -0.1) is 0 Å². The van der Waals surface area contributed by atoms with E-state index in [2.05, 4.69) is 32.9 Å². The van der Waals surface area contributed by atoms with Crippen LogP contribution in [0.5, 0.6) is 0 Å². The molecule has 1 aromatic rings. The second-order valence-corrected chi connectivity index (χ2v) is 4.90. The van der Waals surface area contributed by atoms with E-state index in [0.717, 1.165) is 30.8 Å². The minimum Gasteiger partial charge on any atom is -0.330 e. The topological polar surface area (TPSA) is 26.0 Å². The van der Waals surface area contributed by atoms with Crippen molar-refractivity contribution in [2.45, 2.75) is 46.0 Å². The van der Waals surface area contributed by atoms with Gasteiger partial charge < -0.3 is 5.73 Å². The molecule has 0 aliphatic carbocycles. The number of nitrogens with two attached hydrogens (primary N) is 1. The van der Waals surface area contributed by atoms with E-state index in [1.54, 1.807) is 0 Å². The second kappa shape index (κ2) is 6.27. The van der Waals surface area contributed by atoms with E-state index in [0.29, 0.717) is 5.92 Å². The van der Waals surface area contributed by atoms with Crippen LogP contribution in [-0.4, -0.2) is 6.54 Å². The van der Waals surface area contributed by atoms with E-state index in [4.69, 9.17) is 17.3 Å². The smallest absolute Gasteiger partial charge is 0.0443 e. The summed E-state index contributed by atoms with van der Waals surface area (Å²) in [6.45, 7) is 7.22. The zero-order chi connectivity index (χ0) is 12.1. The van der Waals surface area contributed by atoms with Crippen LogP contribution in [0, 0.1) is 13.8 Å². The average molecular weight is 240 g/mol. The summed E-state index contributed by atoms with van der Waals surface area (Å²) in [4.78, 5) is 0. The minimum atomic E-state index is 0.551. The normalized spacial score (nSPS) is 12.8. The maximum atomic E-state index is 6.32. The van der Waals surface area contributed by atoms with Gasteiger partial charge in [0.15, 0.2) is 0 Å². The first kappa shape index (κ1) is 13.5. The summed E-state index contributed by atoms with van der Waals surface area (Å²) in [5.41, 5.74) is 9.45. The summed E-state index contributed by atoms with van der Waals surface area (Å²) < 4.78 is 0. The Kier molecular flexibility index (Phi) is 5.30. The van der Waals surface area contributed by atoms with Crippen molar-refractivity contribution < 1.29 is 0 Å². The van der Waals surface area contributed by atoms with Gasteiger partial charge in [0, 0.05) is 5.02 Å². The van der Waals surface area contributed by atoms with Crippen LogP contribution in [0.3, 0.4) is 0 Å². The lowest BCUT2D eigenvalue weighted by atomic mass is 9.90. The molecule has 1 aromatic carbocycles. The monoisotopic (exact) mass is 239 g/mol. The number of aryl methyl sites for hydroxylation is 2. The molecular weight excluding hydrogens is 218 g/mol. The third-order valence-electron chi connectivity index (χ3n) is 3.30. The Morgan fingerprint density at radius 1 is 1.25 bits per heavy atom. The van der Waals surface area contributed by atoms with Crippen molar-refractivity contribution in [3.05, 3.63) is 33.8 Å². The molecule has 0 aliphatic rings. The highest BCUT2D eigenvalue weighted by atomic mass is 35.5. The van der Waals surface area contributed by atoms with Gasteiger partial charge in [-0.25, -0.2) is 0 Å². The van der Waals surface area contributed by atoms with Gasteiger partial charge in [0.2, 0.25) is 0 Å². The molecular formula is C14H22ClN. The van der Waals surface area contributed by atoms with Gasteiger partial charge in [0.05, 0.1) is 0 Å². The quantitative estimate of drug-likeness (QED) is 0.819. The van der Waals surface area contributed by atoms with E-state index in [1.807, 2.05) is 0 Å². The molecule has 0 aliphatic heterocycles. The summed E-state index contributed by atoms with van der Waals surface area (Å²) in [5.74, 6) is 0.551. The third kappa shape index (κ3) is 3.23. The first-order chi connectivity index (χ1) is 7.60. The van der Waals surface area contributed by atoms with Crippen LogP contribution in [0.2, 0.25) is 5.02 Å². The van der Waals surface area contributed by atoms with Crippen LogP contribution in [0.1, 0.15) is 48.8 Å². The lowest BCUT2D eigenvalue weighted by Crippen LogP contribution is -2.05. The fraction of sp³-hybridized carbons (Fsp3) is 0.571. The summed E-state index contributed by atoms with van der Waals surface area (Å²) in [7, 11) is 0. The Labute approximate surface area is 104 Å². The molecule has 0 fully saturated rings. The largest absolute Gasteiger partial charge is 0.330 e. The van der Waals surface area contributed by atoms with Crippen LogP contribution >= 0.6 is 11.6 Å². The molecule has 0 saturated heterocycles. The van der Waals surface area contributed by atoms with Crippen molar-refractivity contribution in [3.8, 4) is 0 Å². The molecule has 2 heteroatoms. The predicted molar refractivity (Wildman–Crippen MR) is 72.2 cm³/mol. The molecule has 0 saturated carbocycles. The Morgan fingerprint density at radius 2 is 1.88 bits per heavy atom. The molecule has 0 heterocycles. The summed E-state index contributed by atoms with van der Waals surface area (Å²) in [6, 6.07) is 4.32. The molecule has 1 nitrogen and oxygen atoms in total. The van der Waals surface area contributed by atoms with Crippen LogP contribution in [-0.2, 0) is 0 Å². The molecule has 2 N–H and O–H groups in total. The van der Waals surface area contributed by atoms with Crippen LogP contribution in [0.15, 0.2) is 12.1 Å². The first-order valence-electron chi connectivity index (χ1n) is 6.06. The molecule has 0 aromatic heterocycles. The molecule has 1 unspecified atom stereocenters. The maximum Gasteiger partial charge on any atom is 0.0443 e. The van der Waals surface area contributed by atoms with Gasteiger partial charge in [-0.1, -0.05) is 24.6 Å². The van der Waals surface area contributed by atoms with E-state index in [1.165, 1.54) is 16.7 Å². The molecule has 1 atom stereocenters. The standard InChI is InChI=1S/C14H22ClN/c1-4-12(6-5-7-16)13-8-10(2)11(3)9-14(13)15/h8-9,12H,4-7,16H2,1-3H3. The SMILES string of the molecule is CCC(CCCN)c1cc(C)c(C)cc1Cl. The Balaban J connectivity index is 2.95. The molecule has 0 radical (unpaired) electrons. The van der Waals surface area contributed by atoms with Gasteiger partial charge in [0.25, 0.3) is 0 Å². The third-order valence-corrected chi connectivity index (χ3v) is 3.63. The molecule has 0 bridgehead atoms. The van der Waals surface area contributed by atoms with Gasteiger partial charge in [0.1, 0.15) is 0 Å². The van der Waals surface area contributed by atoms with E-state index in [-0.39, 0.29) is 0 Å². The van der Waals surface area contributed by atoms with Crippen LogP contribution in [0.4, 0.5) is 0 Å². The molecule has 0 amide bonds. The van der Waals surface area contributed by atoms with Gasteiger partial charge in [-0.05, 0) is 68.3 Å². The van der Waals surface area contributed by atoms with E-state index in [9.17, 15) is 0 Å². The van der Waals surface area contributed by atoms with Crippen molar-refractivity contribution in [3.63, 3.8) is 0 Å². The zero-order valence-corrected chi connectivity index (χ0v) is 11.3. The fourth-order valence-electron chi connectivity index (χ4n) is 2.06. The fourth-order valence-corrected chi connectivity index (χ4v) is 2.43. The van der Waals surface area contributed by atoms with E-state index >= 15 is 0 Å². The van der Waals surface area contributed by atoms with Gasteiger partial charge in [-0.2, -0.15) is 0 Å². The minimum absolute atomic E-state index is 0.551. The van der Waals surface area contributed by atoms with Crippen molar-refractivity contribution in [2.75, 3.05) is 6.54 Å². The van der Waals surface area contributed by atoms with E-state index < -0.39 is 0 Å². The van der Waals surface area contributed by atoms with Crippen molar-refractivity contribution in [1.82, 2.24) is 0 Å². The number of benzene rings is 1. The first-order valence-corrected chi connectivity index (χ1v) is 6.44. The summed E-state index contributed by atoms with van der Waals surface area (Å²) in [5, 5.41) is 0.909. The summed E-state index contributed by atoms with van der Waals surface area (Å²) >= 11 is 6.32. The van der Waals surface area contributed by atoms with Crippen molar-refractivity contribution >= 4 is 11.6 Å². The maximum absolute atomic E-state index is 6.32. The van der Waals surface area contributed by atoms with Crippen LogP contribution < -0.4 is 5.73 Å². The second-order valence-electron chi connectivity index (χ2n) is 4.49. The van der Waals surface area contributed by atoms with Crippen molar-refractivity contribution in [2.24, 2.45) is 5.73 Å². The Morgan fingerprint density at radius 3 is 2.44 bits per heavy atom. The Bertz CT molecular complexity index is 347. The van der Waals surface area contributed by atoms with Crippen molar-refractivity contribution in [1.29, 1.82) is 0 Å².